The number of rotatable bonds is 4. The van der Waals surface area contributed by atoms with E-state index in [2.05, 4.69) is 20.6 Å². The highest BCUT2D eigenvalue weighted by atomic mass is 15.0. The van der Waals surface area contributed by atoms with E-state index in [1.807, 2.05) is 6.07 Å². The zero-order valence-corrected chi connectivity index (χ0v) is 9.11. The molecule has 0 aromatic carbocycles. The van der Waals surface area contributed by atoms with Gasteiger partial charge in [-0.1, -0.05) is 0 Å². The molecule has 0 bridgehead atoms. The Morgan fingerprint density at radius 3 is 3.06 bits per heavy atom. The smallest absolute Gasteiger partial charge is 0.158 e. The summed E-state index contributed by atoms with van der Waals surface area (Å²) in [6.07, 6.45) is 6.72. The van der Waals surface area contributed by atoms with Crippen LogP contribution in [0.5, 0.6) is 0 Å². The van der Waals surface area contributed by atoms with Crippen molar-refractivity contribution in [1.29, 1.82) is 5.26 Å². The van der Waals surface area contributed by atoms with Gasteiger partial charge < -0.3 is 10.6 Å². The van der Waals surface area contributed by atoms with E-state index in [1.54, 1.807) is 6.20 Å². The lowest BCUT2D eigenvalue weighted by Gasteiger charge is -2.10. The molecule has 16 heavy (non-hydrogen) atoms. The summed E-state index contributed by atoms with van der Waals surface area (Å²) in [4.78, 5) is 8.04. The van der Waals surface area contributed by atoms with Gasteiger partial charge in [0.1, 0.15) is 11.9 Å². The molecule has 2 rings (SSSR count). The van der Waals surface area contributed by atoms with Crippen molar-refractivity contribution in [2.75, 3.05) is 18.4 Å². The largest absolute Gasteiger partial charge is 0.369 e. The van der Waals surface area contributed by atoms with Gasteiger partial charge in [0.2, 0.25) is 0 Å². The third-order valence-corrected chi connectivity index (χ3v) is 2.73. The van der Waals surface area contributed by atoms with E-state index in [4.69, 9.17) is 5.26 Å². The van der Waals surface area contributed by atoms with Crippen molar-refractivity contribution in [3.8, 4) is 6.07 Å². The fraction of sp³-hybridized carbons (Fsp3) is 0.545. The summed E-state index contributed by atoms with van der Waals surface area (Å²) in [6, 6.07) is 2.58. The molecule has 1 aliphatic heterocycles. The van der Waals surface area contributed by atoms with Crippen molar-refractivity contribution in [3.63, 3.8) is 0 Å². The van der Waals surface area contributed by atoms with Crippen LogP contribution >= 0.6 is 0 Å². The minimum absolute atomic E-state index is 0.350. The lowest BCUT2D eigenvalue weighted by molar-refractivity contribution is 0.574. The number of nitrogens with zero attached hydrogens (tertiary/aromatic N) is 3. The minimum Gasteiger partial charge on any atom is -0.369 e. The monoisotopic (exact) mass is 217 g/mol. The van der Waals surface area contributed by atoms with Gasteiger partial charge in [-0.3, -0.25) is 0 Å². The Hall–Kier alpha value is -1.67. The summed E-state index contributed by atoms with van der Waals surface area (Å²) in [7, 11) is 0. The van der Waals surface area contributed by atoms with Crippen LogP contribution in [-0.4, -0.2) is 29.1 Å². The zero-order valence-electron chi connectivity index (χ0n) is 9.11. The Morgan fingerprint density at radius 2 is 2.44 bits per heavy atom. The fourth-order valence-corrected chi connectivity index (χ4v) is 1.85. The van der Waals surface area contributed by atoms with Crippen molar-refractivity contribution in [2.45, 2.75) is 25.3 Å². The van der Waals surface area contributed by atoms with Crippen molar-refractivity contribution in [2.24, 2.45) is 0 Å². The average molecular weight is 217 g/mol. The molecular weight excluding hydrogens is 202 g/mol. The van der Waals surface area contributed by atoms with E-state index < -0.39 is 0 Å². The molecule has 1 aliphatic rings. The summed E-state index contributed by atoms with van der Waals surface area (Å²) in [5, 5.41) is 15.2. The predicted molar refractivity (Wildman–Crippen MR) is 60.9 cm³/mol. The topological polar surface area (TPSA) is 73.6 Å². The molecular formula is C11H15N5. The second-order valence-corrected chi connectivity index (χ2v) is 3.91. The summed E-state index contributed by atoms with van der Waals surface area (Å²) in [5.74, 6) is 0.733. The van der Waals surface area contributed by atoms with E-state index in [9.17, 15) is 0 Å². The third-order valence-electron chi connectivity index (χ3n) is 2.73. The Morgan fingerprint density at radius 1 is 1.50 bits per heavy atom. The van der Waals surface area contributed by atoms with E-state index in [0.29, 0.717) is 11.7 Å². The van der Waals surface area contributed by atoms with Crippen LogP contribution in [0.15, 0.2) is 12.4 Å². The number of hydrogen-bond acceptors (Lipinski definition) is 5. The molecule has 5 heteroatoms. The summed E-state index contributed by atoms with van der Waals surface area (Å²) in [5.41, 5.74) is 0.350. The van der Waals surface area contributed by atoms with Gasteiger partial charge >= 0.3 is 0 Å². The van der Waals surface area contributed by atoms with Gasteiger partial charge in [0.15, 0.2) is 5.69 Å². The van der Waals surface area contributed by atoms with E-state index in [0.717, 1.165) is 25.3 Å². The van der Waals surface area contributed by atoms with Crippen LogP contribution in [0.25, 0.3) is 0 Å². The van der Waals surface area contributed by atoms with Crippen molar-refractivity contribution < 1.29 is 0 Å². The predicted octanol–water partition coefficient (Wildman–Crippen LogP) is 0.902. The van der Waals surface area contributed by atoms with Gasteiger partial charge in [0.25, 0.3) is 0 Å². The van der Waals surface area contributed by atoms with Gasteiger partial charge in [-0.25, -0.2) is 9.97 Å². The second kappa shape index (κ2) is 5.42. The highest BCUT2D eigenvalue weighted by molar-refractivity contribution is 5.32. The maximum Gasteiger partial charge on any atom is 0.158 e. The highest BCUT2D eigenvalue weighted by Gasteiger charge is 2.12. The molecule has 1 aromatic rings. The third kappa shape index (κ3) is 2.91. The average Bonchev–Trinajstić information content (AvgIpc) is 2.83. The number of hydrogen-bond donors (Lipinski definition) is 2. The molecule has 2 heterocycles. The molecule has 1 aromatic heterocycles. The van der Waals surface area contributed by atoms with E-state index >= 15 is 0 Å². The molecule has 0 unspecified atom stereocenters. The van der Waals surface area contributed by atoms with Gasteiger partial charge in [0.05, 0.1) is 12.4 Å². The molecule has 0 saturated carbocycles. The van der Waals surface area contributed by atoms with Crippen LogP contribution in [0.4, 0.5) is 5.82 Å². The molecule has 0 aliphatic carbocycles. The maximum atomic E-state index is 8.57. The number of nitriles is 1. The van der Waals surface area contributed by atoms with Gasteiger partial charge in [-0.05, 0) is 25.8 Å². The van der Waals surface area contributed by atoms with Crippen LogP contribution in [0.1, 0.15) is 25.0 Å². The number of nitrogens with one attached hydrogen (secondary N) is 2. The highest BCUT2D eigenvalue weighted by Crippen LogP contribution is 2.09. The summed E-state index contributed by atoms with van der Waals surface area (Å²) in [6.45, 7) is 2.03. The first-order chi connectivity index (χ1) is 7.88. The molecule has 1 fully saturated rings. The van der Waals surface area contributed by atoms with Gasteiger partial charge in [-0.2, -0.15) is 5.26 Å². The van der Waals surface area contributed by atoms with E-state index in [-0.39, 0.29) is 0 Å². The summed E-state index contributed by atoms with van der Waals surface area (Å²) >= 11 is 0. The zero-order chi connectivity index (χ0) is 11.2. The van der Waals surface area contributed by atoms with Crippen LogP contribution in [0.3, 0.4) is 0 Å². The number of aromatic nitrogens is 2. The van der Waals surface area contributed by atoms with Crippen LogP contribution in [-0.2, 0) is 0 Å². The van der Waals surface area contributed by atoms with Crippen LogP contribution in [0, 0.1) is 11.3 Å². The molecule has 0 radical (unpaired) electrons. The number of anilines is 1. The lowest BCUT2D eigenvalue weighted by atomic mass is 10.1. The SMILES string of the molecule is N#Cc1cnc(NCC[C@H]2CCCN2)cn1. The molecule has 2 N–H and O–H groups in total. The lowest BCUT2D eigenvalue weighted by Crippen LogP contribution is -2.24. The molecule has 1 atom stereocenters. The Kier molecular flexibility index (Phi) is 3.67. The first-order valence-electron chi connectivity index (χ1n) is 5.58. The Bertz CT molecular complexity index is 361. The Balaban J connectivity index is 1.74. The van der Waals surface area contributed by atoms with Gasteiger partial charge in [-0.15, -0.1) is 0 Å². The fourth-order valence-electron chi connectivity index (χ4n) is 1.85. The minimum atomic E-state index is 0.350. The molecule has 84 valence electrons. The first kappa shape index (κ1) is 10.8. The molecule has 5 nitrogen and oxygen atoms in total. The first-order valence-corrected chi connectivity index (χ1v) is 5.58. The van der Waals surface area contributed by atoms with E-state index in [1.165, 1.54) is 19.0 Å². The standard InChI is InChI=1S/C11H15N5/c12-6-10-7-16-11(8-15-10)14-5-3-9-2-1-4-13-9/h7-9,13H,1-5H2,(H,14,16)/t9-/m1/s1. The maximum absolute atomic E-state index is 8.57. The van der Waals surface area contributed by atoms with Crippen LogP contribution < -0.4 is 10.6 Å². The molecule has 0 spiro atoms. The van der Waals surface area contributed by atoms with Gasteiger partial charge in [0, 0.05) is 12.6 Å². The Labute approximate surface area is 94.9 Å². The molecule has 1 saturated heterocycles. The second-order valence-electron chi connectivity index (χ2n) is 3.91. The normalized spacial score (nSPS) is 19.3. The summed E-state index contributed by atoms with van der Waals surface area (Å²) < 4.78 is 0. The molecule has 0 amide bonds. The van der Waals surface area contributed by atoms with Crippen molar-refractivity contribution >= 4 is 5.82 Å². The quantitative estimate of drug-likeness (QED) is 0.784. The van der Waals surface area contributed by atoms with Crippen molar-refractivity contribution in [3.05, 3.63) is 18.1 Å². The van der Waals surface area contributed by atoms with Crippen molar-refractivity contribution in [1.82, 2.24) is 15.3 Å². The van der Waals surface area contributed by atoms with Crippen LogP contribution in [0.2, 0.25) is 0 Å².